The van der Waals surface area contributed by atoms with E-state index in [1.807, 2.05) is 4.68 Å². The Labute approximate surface area is 114 Å². The van der Waals surface area contributed by atoms with Crippen LogP contribution in [-0.2, 0) is 11.3 Å². The van der Waals surface area contributed by atoms with Crippen molar-refractivity contribution in [1.82, 2.24) is 20.2 Å². The smallest absolute Gasteiger partial charge is 0.154 e. The standard InChI is InChI=1S/C14H22N4O/c1-2-4-12(5-3-1)6-9-18-14(15-16-17-18)13-7-10-19-11-8-13/h4,13H,1-3,5-11H2. The topological polar surface area (TPSA) is 52.8 Å². The van der Waals surface area contributed by atoms with Crippen LogP contribution in [0.25, 0.3) is 0 Å². The van der Waals surface area contributed by atoms with E-state index in [0.29, 0.717) is 5.92 Å². The van der Waals surface area contributed by atoms with Crippen LogP contribution in [0.5, 0.6) is 0 Å². The van der Waals surface area contributed by atoms with E-state index in [2.05, 4.69) is 21.6 Å². The van der Waals surface area contributed by atoms with Gasteiger partial charge in [0.1, 0.15) is 0 Å². The normalized spacial score (nSPS) is 21.4. The third kappa shape index (κ3) is 3.21. The predicted octanol–water partition coefficient (Wildman–Crippen LogP) is 2.46. The summed E-state index contributed by atoms with van der Waals surface area (Å²) in [4.78, 5) is 0. The zero-order valence-electron chi connectivity index (χ0n) is 11.4. The number of allylic oxidation sites excluding steroid dienone is 2. The van der Waals surface area contributed by atoms with Crippen molar-refractivity contribution in [2.24, 2.45) is 0 Å². The lowest BCUT2D eigenvalue weighted by molar-refractivity contribution is 0.0825. The maximum Gasteiger partial charge on any atom is 0.154 e. The van der Waals surface area contributed by atoms with Gasteiger partial charge in [-0.15, -0.1) is 5.10 Å². The number of hydrogen-bond acceptors (Lipinski definition) is 4. The quantitative estimate of drug-likeness (QED) is 0.782. The molecule has 5 nitrogen and oxygen atoms in total. The average Bonchev–Trinajstić information content (AvgIpc) is 2.95. The van der Waals surface area contributed by atoms with Gasteiger partial charge >= 0.3 is 0 Å². The van der Waals surface area contributed by atoms with Crippen molar-refractivity contribution in [3.63, 3.8) is 0 Å². The van der Waals surface area contributed by atoms with Crippen molar-refractivity contribution < 1.29 is 4.74 Å². The highest BCUT2D eigenvalue weighted by Gasteiger charge is 2.22. The molecule has 1 aromatic rings. The molecule has 0 amide bonds. The van der Waals surface area contributed by atoms with Crippen LogP contribution in [0.3, 0.4) is 0 Å². The number of tetrazole rings is 1. The van der Waals surface area contributed by atoms with E-state index in [-0.39, 0.29) is 0 Å². The monoisotopic (exact) mass is 262 g/mol. The summed E-state index contributed by atoms with van der Waals surface area (Å²) in [5.74, 6) is 1.53. The van der Waals surface area contributed by atoms with Gasteiger partial charge in [-0.05, 0) is 55.4 Å². The molecule has 0 bridgehead atoms. The molecule has 1 saturated heterocycles. The van der Waals surface area contributed by atoms with Gasteiger partial charge in [0.2, 0.25) is 0 Å². The molecule has 2 aliphatic rings. The highest BCUT2D eigenvalue weighted by Crippen LogP contribution is 2.25. The van der Waals surface area contributed by atoms with Crippen LogP contribution < -0.4 is 0 Å². The van der Waals surface area contributed by atoms with Crippen molar-refractivity contribution in [2.75, 3.05) is 13.2 Å². The first-order chi connectivity index (χ1) is 9.43. The second-order valence-corrected chi connectivity index (χ2v) is 5.51. The number of aromatic nitrogens is 4. The third-order valence-electron chi connectivity index (χ3n) is 4.18. The minimum absolute atomic E-state index is 0.476. The first-order valence-corrected chi connectivity index (χ1v) is 7.45. The Balaban J connectivity index is 1.61. The van der Waals surface area contributed by atoms with Gasteiger partial charge in [-0.25, -0.2) is 4.68 Å². The summed E-state index contributed by atoms with van der Waals surface area (Å²) in [6, 6.07) is 0. The fourth-order valence-corrected chi connectivity index (χ4v) is 3.00. The Hall–Kier alpha value is -1.23. The van der Waals surface area contributed by atoms with E-state index >= 15 is 0 Å². The Bertz CT molecular complexity index is 434. The molecule has 104 valence electrons. The molecule has 19 heavy (non-hydrogen) atoms. The van der Waals surface area contributed by atoms with E-state index in [4.69, 9.17) is 4.74 Å². The summed E-state index contributed by atoms with van der Waals surface area (Å²) in [5, 5.41) is 12.3. The van der Waals surface area contributed by atoms with Gasteiger partial charge in [0.15, 0.2) is 5.82 Å². The molecular formula is C14H22N4O. The number of aryl methyl sites for hydroxylation is 1. The van der Waals surface area contributed by atoms with E-state index in [1.54, 1.807) is 5.57 Å². The molecule has 0 spiro atoms. The molecule has 0 atom stereocenters. The van der Waals surface area contributed by atoms with Crippen molar-refractivity contribution in [2.45, 2.75) is 57.4 Å². The minimum atomic E-state index is 0.476. The zero-order valence-corrected chi connectivity index (χ0v) is 11.4. The van der Waals surface area contributed by atoms with Crippen LogP contribution in [0.4, 0.5) is 0 Å². The zero-order chi connectivity index (χ0) is 12.9. The number of hydrogen-bond donors (Lipinski definition) is 0. The van der Waals surface area contributed by atoms with Gasteiger partial charge in [0.05, 0.1) is 0 Å². The van der Waals surface area contributed by atoms with Crippen LogP contribution >= 0.6 is 0 Å². The SMILES string of the molecule is C1=C(CCn2nnnc2C2CCOCC2)CCCC1. The van der Waals surface area contributed by atoms with Crippen LogP contribution in [0, 0.1) is 0 Å². The van der Waals surface area contributed by atoms with E-state index in [9.17, 15) is 0 Å². The molecular weight excluding hydrogens is 240 g/mol. The maximum absolute atomic E-state index is 5.41. The van der Waals surface area contributed by atoms with Crippen molar-refractivity contribution in [3.8, 4) is 0 Å². The molecule has 0 saturated carbocycles. The summed E-state index contributed by atoms with van der Waals surface area (Å²) < 4.78 is 7.41. The molecule has 1 aliphatic heterocycles. The minimum Gasteiger partial charge on any atom is -0.381 e. The average molecular weight is 262 g/mol. The van der Waals surface area contributed by atoms with Crippen molar-refractivity contribution >= 4 is 0 Å². The fourth-order valence-electron chi connectivity index (χ4n) is 3.00. The number of nitrogens with zero attached hydrogens (tertiary/aromatic N) is 4. The number of rotatable bonds is 4. The predicted molar refractivity (Wildman–Crippen MR) is 71.8 cm³/mol. The Morgan fingerprint density at radius 2 is 2.16 bits per heavy atom. The van der Waals surface area contributed by atoms with Gasteiger partial charge in [-0.3, -0.25) is 0 Å². The van der Waals surface area contributed by atoms with E-state index in [1.165, 1.54) is 25.7 Å². The third-order valence-corrected chi connectivity index (χ3v) is 4.18. The van der Waals surface area contributed by atoms with E-state index < -0.39 is 0 Å². The molecule has 1 fully saturated rings. The molecule has 2 heterocycles. The molecule has 3 rings (SSSR count). The van der Waals surface area contributed by atoms with Gasteiger partial charge in [0, 0.05) is 25.7 Å². The summed E-state index contributed by atoms with van der Waals surface area (Å²) in [6.07, 6.45) is 10.8. The maximum atomic E-state index is 5.41. The molecule has 0 N–H and O–H groups in total. The highest BCUT2D eigenvalue weighted by molar-refractivity contribution is 5.05. The molecule has 0 unspecified atom stereocenters. The Kier molecular flexibility index (Phi) is 4.23. The summed E-state index contributed by atoms with van der Waals surface area (Å²) in [5.41, 5.74) is 1.58. The van der Waals surface area contributed by atoms with E-state index in [0.717, 1.165) is 44.8 Å². The lowest BCUT2D eigenvalue weighted by Gasteiger charge is -2.21. The van der Waals surface area contributed by atoms with Crippen LogP contribution in [0.1, 0.15) is 56.7 Å². The molecule has 5 heteroatoms. The lowest BCUT2D eigenvalue weighted by Crippen LogP contribution is -2.19. The summed E-state index contributed by atoms with van der Waals surface area (Å²) in [6.45, 7) is 2.59. The largest absolute Gasteiger partial charge is 0.381 e. The van der Waals surface area contributed by atoms with Gasteiger partial charge in [-0.2, -0.15) is 0 Å². The second-order valence-electron chi connectivity index (χ2n) is 5.51. The Morgan fingerprint density at radius 1 is 1.26 bits per heavy atom. The molecule has 0 radical (unpaired) electrons. The van der Waals surface area contributed by atoms with Crippen molar-refractivity contribution in [1.29, 1.82) is 0 Å². The highest BCUT2D eigenvalue weighted by atomic mass is 16.5. The van der Waals surface area contributed by atoms with Crippen molar-refractivity contribution in [3.05, 3.63) is 17.5 Å². The summed E-state index contributed by atoms with van der Waals surface area (Å²) in [7, 11) is 0. The first kappa shape index (κ1) is 12.8. The van der Waals surface area contributed by atoms with Gasteiger partial charge in [-0.1, -0.05) is 11.6 Å². The van der Waals surface area contributed by atoms with Crippen LogP contribution in [0.2, 0.25) is 0 Å². The fraction of sp³-hybridized carbons (Fsp3) is 0.786. The molecule has 1 aromatic heterocycles. The van der Waals surface area contributed by atoms with Crippen LogP contribution in [0.15, 0.2) is 11.6 Å². The lowest BCUT2D eigenvalue weighted by atomic mass is 9.97. The molecule has 1 aliphatic carbocycles. The first-order valence-electron chi connectivity index (χ1n) is 7.45. The summed E-state index contributed by atoms with van der Waals surface area (Å²) >= 11 is 0. The van der Waals surface area contributed by atoms with Gasteiger partial charge < -0.3 is 4.74 Å². The van der Waals surface area contributed by atoms with Gasteiger partial charge in [0.25, 0.3) is 0 Å². The number of ether oxygens (including phenoxy) is 1. The van der Waals surface area contributed by atoms with Crippen LogP contribution in [-0.4, -0.2) is 33.4 Å². The second kappa shape index (κ2) is 6.28. The molecule has 0 aromatic carbocycles. The Morgan fingerprint density at radius 3 is 2.95 bits per heavy atom.